The van der Waals surface area contributed by atoms with E-state index in [0.717, 1.165) is 18.9 Å². The Hall–Kier alpha value is -3.35. The number of Topliss-reactive ketones (excluding diaryl/α,β-unsaturated/α-hetero) is 1. The zero-order valence-corrected chi connectivity index (χ0v) is 14.3. The first-order valence-corrected chi connectivity index (χ1v) is 8.52. The van der Waals surface area contributed by atoms with E-state index >= 15 is 0 Å². The molecule has 1 aliphatic rings. The molecule has 0 aliphatic carbocycles. The van der Waals surface area contributed by atoms with Gasteiger partial charge >= 0.3 is 5.97 Å². The third-order valence-corrected chi connectivity index (χ3v) is 4.53. The summed E-state index contributed by atoms with van der Waals surface area (Å²) in [6.07, 6.45) is 1.59. The van der Waals surface area contributed by atoms with Crippen molar-refractivity contribution < 1.29 is 18.7 Å². The maximum absolute atomic E-state index is 13.2. The number of carbonyl (C=O) groups excluding carboxylic acids is 2. The second-order valence-electron chi connectivity index (χ2n) is 6.33. The molecule has 0 bridgehead atoms. The Morgan fingerprint density at radius 3 is 2.81 bits per heavy atom. The molecule has 0 amide bonds. The van der Waals surface area contributed by atoms with Crippen LogP contribution in [0.3, 0.4) is 0 Å². The van der Waals surface area contributed by atoms with Crippen LogP contribution in [-0.4, -0.2) is 27.9 Å². The van der Waals surface area contributed by atoms with Gasteiger partial charge in [-0.05, 0) is 36.8 Å². The number of hydrogen-bond acceptors (Lipinski definition) is 5. The van der Waals surface area contributed by atoms with Gasteiger partial charge in [0.25, 0.3) is 5.56 Å². The van der Waals surface area contributed by atoms with Crippen molar-refractivity contribution in [1.29, 1.82) is 0 Å². The summed E-state index contributed by atoms with van der Waals surface area (Å²) in [4.78, 5) is 41.2. The van der Waals surface area contributed by atoms with E-state index in [1.807, 2.05) is 0 Å². The number of ether oxygens (including phenoxy) is 1. The van der Waals surface area contributed by atoms with Crippen LogP contribution in [0.4, 0.5) is 4.39 Å². The Morgan fingerprint density at radius 1 is 1.15 bits per heavy atom. The summed E-state index contributed by atoms with van der Waals surface area (Å²) in [5.74, 6) is -1.03. The highest BCUT2D eigenvalue weighted by molar-refractivity contribution is 6.00. The highest BCUT2D eigenvalue weighted by atomic mass is 19.1. The van der Waals surface area contributed by atoms with Crippen molar-refractivity contribution in [1.82, 2.24) is 9.55 Å². The normalized spacial score (nSPS) is 12.8. The number of hydrogen-bond donors (Lipinski definition) is 0. The first-order chi connectivity index (χ1) is 13.0. The zero-order chi connectivity index (χ0) is 19.0. The molecule has 0 spiro atoms. The van der Waals surface area contributed by atoms with Gasteiger partial charge in [-0.15, -0.1) is 0 Å². The number of rotatable bonds is 4. The van der Waals surface area contributed by atoms with Crippen molar-refractivity contribution in [2.24, 2.45) is 0 Å². The minimum Gasteiger partial charge on any atom is -0.454 e. The lowest BCUT2D eigenvalue weighted by atomic mass is 10.1. The van der Waals surface area contributed by atoms with E-state index in [-0.39, 0.29) is 16.7 Å². The zero-order valence-electron chi connectivity index (χ0n) is 14.3. The maximum atomic E-state index is 13.2. The van der Waals surface area contributed by atoms with Crippen LogP contribution in [0.1, 0.15) is 33.0 Å². The molecule has 4 rings (SSSR count). The molecule has 1 aliphatic heterocycles. The highest BCUT2D eigenvalue weighted by Crippen LogP contribution is 2.17. The van der Waals surface area contributed by atoms with Crippen molar-refractivity contribution in [2.45, 2.75) is 19.4 Å². The average molecular weight is 366 g/mol. The number of benzene rings is 2. The fourth-order valence-corrected chi connectivity index (χ4v) is 3.17. The summed E-state index contributed by atoms with van der Waals surface area (Å²) in [5.41, 5.74) is 0.642. The lowest BCUT2D eigenvalue weighted by Crippen LogP contribution is -2.21. The van der Waals surface area contributed by atoms with Gasteiger partial charge in [0.05, 0.1) is 16.5 Å². The highest BCUT2D eigenvalue weighted by Gasteiger charge is 2.18. The van der Waals surface area contributed by atoms with Crippen LogP contribution in [0, 0.1) is 5.82 Å². The number of ketones is 1. The maximum Gasteiger partial charge on any atom is 0.338 e. The predicted octanol–water partition coefficient (Wildman–Crippen LogP) is 2.52. The van der Waals surface area contributed by atoms with E-state index in [0.29, 0.717) is 23.3 Å². The summed E-state index contributed by atoms with van der Waals surface area (Å²) in [5, 5.41) is 0.438. The van der Waals surface area contributed by atoms with Crippen LogP contribution >= 0.6 is 0 Å². The lowest BCUT2D eigenvalue weighted by molar-refractivity contribution is 0.0475. The number of nitrogens with zero attached hydrogens (tertiary/aromatic N) is 2. The Morgan fingerprint density at radius 2 is 2.00 bits per heavy atom. The number of aromatic nitrogens is 2. The lowest BCUT2D eigenvalue weighted by Gasteiger charge is -2.07. The van der Waals surface area contributed by atoms with Gasteiger partial charge in [0.15, 0.2) is 12.4 Å². The van der Waals surface area contributed by atoms with Crippen LogP contribution in [0.25, 0.3) is 10.9 Å². The number of carbonyl (C=O) groups is 2. The standard InChI is InChI=1S/C20H15FN2O4/c21-14-4-1-3-12(9-14)17(24)11-27-20(26)13-6-7-15-16(10-13)22-18-5-2-8-23(18)19(15)25/h1,3-4,6-7,9-10H,2,5,8,11H2. The number of aryl methyl sites for hydroxylation is 1. The van der Waals surface area contributed by atoms with E-state index < -0.39 is 24.2 Å². The van der Waals surface area contributed by atoms with Gasteiger partial charge in [-0.25, -0.2) is 14.2 Å². The fraction of sp³-hybridized carbons (Fsp3) is 0.200. The van der Waals surface area contributed by atoms with E-state index in [1.165, 1.54) is 30.3 Å². The van der Waals surface area contributed by atoms with Gasteiger partial charge in [0.1, 0.15) is 11.6 Å². The predicted molar refractivity (Wildman–Crippen MR) is 95.3 cm³/mol. The summed E-state index contributed by atoms with van der Waals surface area (Å²) < 4.78 is 19.9. The summed E-state index contributed by atoms with van der Waals surface area (Å²) in [6, 6.07) is 9.69. The van der Waals surface area contributed by atoms with Gasteiger partial charge in [-0.1, -0.05) is 12.1 Å². The van der Waals surface area contributed by atoms with Crippen LogP contribution < -0.4 is 5.56 Å². The largest absolute Gasteiger partial charge is 0.454 e. The number of fused-ring (bicyclic) bond motifs is 2. The number of esters is 1. The Kier molecular flexibility index (Phi) is 4.27. The van der Waals surface area contributed by atoms with E-state index in [4.69, 9.17) is 4.74 Å². The van der Waals surface area contributed by atoms with Crippen molar-refractivity contribution in [3.05, 3.63) is 75.6 Å². The average Bonchev–Trinajstić information content (AvgIpc) is 3.14. The van der Waals surface area contributed by atoms with Gasteiger partial charge in [-0.3, -0.25) is 14.2 Å². The van der Waals surface area contributed by atoms with Crippen LogP contribution in [0.15, 0.2) is 47.3 Å². The third-order valence-electron chi connectivity index (χ3n) is 4.53. The SMILES string of the molecule is O=C(COC(=O)c1ccc2c(=O)n3c(nc2c1)CCC3)c1cccc(F)c1. The van der Waals surface area contributed by atoms with Crippen LogP contribution in [0.2, 0.25) is 0 Å². The summed E-state index contributed by atoms with van der Waals surface area (Å²) in [6.45, 7) is 0.156. The molecule has 3 aromatic rings. The first kappa shape index (κ1) is 17.1. The molecule has 6 nitrogen and oxygen atoms in total. The second-order valence-corrected chi connectivity index (χ2v) is 6.33. The van der Waals surface area contributed by atoms with Crippen molar-refractivity contribution in [2.75, 3.05) is 6.61 Å². The molecule has 0 atom stereocenters. The second kappa shape index (κ2) is 6.75. The fourth-order valence-electron chi connectivity index (χ4n) is 3.17. The quantitative estimate of drug-likeness (QED) is 0.524. The van der Waals surface area contributed by atoms with E-state index in [2.05, 4.69) is 4.98 Å². The van der Waals surface area contributed by atoms with Gasteiger partial charge in [0, 0.05) is 18.5 Å². The van der Waals surface area contributed by atoms with Gasteiger partial charge < -0.3 is 4.74 Å². The van der Waals surface area contributed by atoms with Gasteiger partial charge in [-0.2, -0.15) is 0 Å². The van der Waals surface area contributed by atoms with Crippen molar-refractivity contribution in [3.8, 4) is 0 Å². The van der Waals surface area contributed by atoms with E-state index in [1.54, 1.807) is 10.6 Å². The van der Waals surface area contributed by atoms with Crippen molar-refractivity contribution >= 4 is 22.7 Å². The molecule has 2 heterocycles. The molecule has 27 heavy (non-hydrogen) atoms. The third kappa shape index (κ3) is 3.23. The summed E-state index contributed by atoms with van der Waals surface area (Å²) in [7, 11) is 0. The minimum absolute atomic E-state index is 0.117. The molecule has 0 unspecified atom stereocenters. The smallest absolute Gasteiger partial charge is 0.338 e. The Labute approximate surface area is 153 Å². The van der Waals surface area contributed by atoms with Crippen LogP contribution in [-0.2, 0) is 17.7 Å². The topological polar surface area (TPSA) is 78.3 Å². The molecular weight excluding hydrogens is 351 g/mol. The molecule has 0 saturated carbocycles. The Bertz CT molecular complexity index is 1140. The molecule has 0 fully saturated rings. The summed E-state index contributed by atoms with van der Waals surface area (Å²) >= 11 is 0. The monoisotopic (exact) mass is 366 g/mol. The first-order valence-electron chi connectivity index (χ1n) is 8.52. The molecule has 0 saturated heterocycles. The van der Waals surface area contributed by atoms with Crippen molar-refractivity contribution in [3.63, 3.8) is 0 Å². The molecule has 136 valence electrons. The minimum atomic E-state index is -0.705. The molecule has 0 radical (unpaired) electrons. The van der Waals surface area contributed by atoms with Gasteiger partial charge in [0.2, 0.25) is 0 Å². The number of halogens is 1. The van der Waals surface area contributed by atoms with E-state index in [9.17, 15) is 18.8 Å². The molecule has 0 N–H and O–H groups in total. The molecule has 1 aromatic heterocycles. The molecule has 2 aromatic carbocycles. The Balaban J connectivity index is 1.54. The molecule has 7 heteroatoms. The van der Waals surface area contributed by atoms with Crippen LogP contribution in [0.5, 0.6) is 0 Å². The molecular formula is C20H15FN2O4.